The Labute approximate surface area is 88.7 Å². The van der Waals surface area contributed by atoms with E-state index in [0.29, 0.717) is 11.9 Å². The van der Waals surface area contributed by atoms with Crippen molar-refractivity contribution in [3.05, 3.63) is 48.6 Å². The van der Waals surface area contributed by atoms with Gasteiger partial charge in [0, 0.05) is 0 Å². The first-order valence-electron chi connectivity index (χ1n) is 4.70. The third-order valence-electron chi connectivity index (χ3n) is 2.15. The molecule has 2 nitrogen and oxygen atoms in total. The molecule has 0 bridgehead atoms. The van der Waals surface area contributed by atoms with E-state index in [1.54, 1.807) is 6.92 Å². The lowest BCUT2D eigenvalue weighted by Gasteiger charge is -2.06. The third-order valence-corrected chi connectivity index (χ3v) is 2.15. The zero-order valence-corrected chi connectivity index (χ0v) is 8.40. The predicted octanol–water partition coefficient (Wildman–Crippen LogP) is 3.29. The van der Waals surface area contributed by atoms with Crippen LogP contribution in [0.2, 0.25) is 0 Å². The molecule has 0 aliphatic rings. The molecule has 0 unspecified atom stereocenters. The van der Waals surface area contributed by atoms with Crippen LogP contribution in [-0.4, -0.2) is 0 Å². The number of nitrogens with zero attached hydrogens (tertiary/aromatic N) is 1. The van der Waals surface area contributed by atoms with Crippen LogP contribution in [0, 0.1) is 17.4 Å². The van der Waals surface area contributed by atoms with Crippen LogP contribution in [0.5, 0.6) is 5.75 Å². The monoisotopic (exact) mass is 196 g/mol. The second-order valence-corrected chi connectivity index (χ2v) is 3.28. The summed E-state index contributed by atoms with van der Waals surface area (Å²) in [6, 6.07) is 15.8. The van der Waals surface area contributed by atoms with Gasteiger partial charge in [0.05, 0.1) is 0 Å². The van der Waals surface area contributed by atoms with Crippen LogP contribution in [0.3, 0.4) is 0 Å². The lowest BCUT2D eigenvalue weighted by molar-refractivity contribution is 0.372. The van der Waals surface area contributed by atoms with Crippen molar-refractivity contribution in [3.8, 4) is 11.8 Å². The van der Waals surface area contributed by atoms with Gasteiger partial charge in [-0.2, -0.15) is 5.26 Å². The van der Waals surface area contributed by atoms with E-state index in [0.717, 1.165) is 5.39 Å². The minimum Gasteiger partial charge on any atom is -0.467 e. The fourth-order valence-electron chi connectivity index (χ4n) is 1.43. The molecule has 15 heavy (non-hydrogen) atoms. The molecule has 2 aromatic rings. The number of rotatable bonds is 2. The maximum Gasteiger partial charge on any atom is 0.243 e. The summed E-state index contributed by atoms with van der Waals surface area (Å²) in [5.74, 6) is 0.702. The predicted molar refractivity (Wildman–Crippen MR) is 59.1 cm³/mol. The zero-order valence-electron chi connectivity index (χ0n) is 8.40. The molecule has 73 valence electrons. The van der Waals surface area contributed by atoms with Gasteiger partial charge in [0.25, 0.3) is 0 Å². The molecule has 0 amide bonds. The fraction of sp³-hybridized carbons (Fsp3) is 0.0769. The molecular formula is C13H10NO. The highest BCUT2D eigenvalue weighted by molar-refractivity contribution is 5.83. The van der Waals surface area contributed by atoms with E-state index in [9.17, 15) is 0 Å². The molecule has 0 N–H and O–H groups in total. The summed E-state index contributed by atoms with van der Waals surface area (Å²) in [5, 5.41) is 10.9. The summed E-state index contributed by atoms with van der Waals surface area (Å²) in [7, 11) is 0. The Bertz CT molecular complexity index is 513. The Hall–Kier alpha value is -2.01. The topological polar surface area (TPSA) is 33.0 Å². The van der Waals surface area contributed by atoms with Crippen molar-refractivity contribution >= 4 is 10.8 Å². The zero-order chi connectivity index (χ0) is 10.7. The number of ether oxygens (including phenoxy) is 1. The van der Waals surface area contributed by atoms with Crippen LogP contribution in [-0.2, 0) is 0 Å². The highest BCUT2D eigenvalue weighted by Gasteiger charge is 2.03. The first-order chi connectivity index (χ1) is 7.29. The first-order valence-corrected chi connectivity index (χ1v) is 4.70. The van der Waals surface area contributed by atoms with E-state index in [-0.39, 0.29) is 0 Å². The van der Waals surface area contributed by atoms with E-state index in [4.69, 9.17) is 10.00 Å². The van der Waals surface area contributed by atoms with E-state index in [1.807, 2.05) is 48.5 Å². The molecule has 1 radical (unpaired) electrons. The van der Waals surface area contributed by atoms with Gasteiger partial charge in [0.2, 0.25) is 6.10 Å². The van der Waals surface area contributed by atoms with Crippen LogP contribution < -0.4 is 4.74 Å². The van der Waals surface area contributed by atoms with Gasteiger partial charge in [-0.25, -0.2) is 0 Å². The summed E-state index contributed by atoms with van der Waals surface area (Å²) in [4.78, 5) is 0. The SMILES string of the molecule is C[C](C#N)Oc1ccc2ccccc2c1. The van der Waals surface area contributed by atoms with Crippen LogP contribution in [0.15, 0.2) is 42.5 Å². The Kier molecular flexibility index (Phi) is 2.55. The summed E-state index contributed by atoms with van der Waals surface area (Å²) in [6.45, 7) is 1.65. The molecule has 0 aliphatic heterocycles. The maximum atomic E-state index is 8.60. The quantitative estimate of drug-likeness (QED) is 0.738. The van der Waals surface area contributed by atoms with Crippen molar-refractivity contribution in [1.82, 2.24) is 0 Å². The molecule has 0 fully saturated rings. The fourth-order valence-corrected chi connectivity index (χ4v) is 1.43. The molecule has 0 aliphatic carbocycles. The lowest BCUT2D eigenvalue weighted by Crippen LogP contribution is -1.98. The summed E-state index contributed by atoms with van der Waals surface area (Å²) in [5.41, 5.74) is 0. The maximum absolute atomic E-state index is 8.60. The Balaban J connectivity index is 2.35. The number of fused-ring (bicyclic) bond motifs is 1. The summed E-state index contributed by atoms with van der Waals surface area (Å²) in [6.07, 6.45) is 0.352. The molecule has 2 rings (SSSR count). The van der Waals surface area contributed by atoms with Crippen LogP contribution in [0.25, 0.3) is 10.8 Å². The molecule has 2 heteroatoms. The summed E-state index contributed by atoms with van der Waals surface area (Å²) < 4.78 is 5.33. The van der Waals surface area contributed by atoms with E-state index < -0.39 is 0 Å². The van der Waals surface area contributed by atoms with E-state index in [1.165, 1.54) is 5.39 Å². The van der Waals surface area contributed by atoms with E-state index in [2.05, 4.69) is 0 Å². The van der Waals surface area contributed by atoms with Gasteiger partial charge in [0.1, 0.15) is 11.8 Å². The van der Waals surface area contributed by atoms with E-state index >= 15 is 0 Å². The number of benzene rings is 2. The van der Waals surface area contributed by atoms with Gasteiger partial charge in [-0.3, -0.25) is 0 Å². The second kappa shape index (κ2) is 4.02. The third kappa shape index (κ3) is 2.08. The average molecular weight is 196 g/mol. The Morgan fingerprint density at radius 2 is 1.87 bits per heavy atom. The largest absolute Gasteiger partial charge is 0.467 e. The van der Waals surface area contributed by atoms with Crippen molar-refractivity contribution in [2.24, 2.45) is 0 Å². The van der Waals surface area contributed by atoms with Crippen molar-refractivity contribution < 1.29 is 4.74 Å². The van der Waals surface area contributed by atoms with Gasteiger partial charge < -0.3 is 4.74 Å². The standard InChI is InChI=1S/C13H10NO/c1-10(9-14)15-13-7-6-11-4-2-3-5-12(11)8-13/h2-8H,1H3. The van der Waals surface area contributed by atoms with Gasteiger partial charge in [-0.1, -0.05) is 30.3 Å². The first kappa shape index (κ1) is 9.54. The van der Waals surface area contributed by atoms with Crippen LogP contribution >= 0.6 is 0 Å². The van der Waals surface area contributed by atoms with Crippen molar-refractivity contribution in [2.75, 3.05) is 0 Å². The molecule has 0 atom stereocenters. The minimum atomic E-state index is 0.352. The van der Waals surface area contributed by atoms with Crippen molar-refractivity contribution in [2.45, 2.75) is 6.92 Å². The molecule has 0 aromatic heterocycles. The highest BCUT2D eigenvalue weighted by Crippen LogP contribution is 2.22. The van der Waals surface area contributed by atoms with Crippen LogP contribution in [0.4, 0.5) is 0 Å². The van der Waals surface area contributed by atoms with Gasteiger partial charge in [0.15, 0.2) is 0 Å². The Morgan fingerprint density at radius 3 is 2.60 bits per heavy atom. The van der Waals surface area contributed by atoms with Crippen LogP contribution in [0.1, 0.15) is 6.92 Å². The molecular weight excluding hydrogens is 186 g/mol. The normalized spacial score (nSPS) is 10.2. The summed E-state index contributed by atoms with van der Waals surface area (Å²) >= 11 is 0. The van der Waals surface area contributed by atoms with Crippen molar-refractivity contribution in [3.63, 3.8) is 0 Å². The second-order valence-electron chi connectivity index (χ2n) is 3.28. The van der Waals surface area contributed by atoms with Gasteiger partial charge in [-0.05, 0) is 29.8 Å². The number of hydrogen-bond acceptors (Lipinski definition) is 2. The Morgan fingerprint density at radius 1 is 1.13 bits per heavy atom. The highest BCUT2D eigenvalue weighted by atomic mass is 16.5. The lowest BCUT2D eigenvalue weighted by atomic mass is 10.1. The molecule has 2 aromatic carbocycles. The van der Waals surface area contributed by atoms with Gasteiger partial charge in [-0.15, -0.1) is 0 Å². The molecule has 0 saturated carbocycles. The number of hydrogen-bond donors (Lipinski definition) is 0. The van der Waals surface area contributed by atoms with Gasteiger partial charge >= 0.3 is 0 Å². The average Bonchev–Trinajstić information content (AvgIpc) is 2.29. The molecule has 0 spiro atoms. The smallest absolute Gasteiger partial charge is 0.243 e. The van der Waals surface area contributed by atoms with Crippen molar-refractivity contribution in [1.29, 1.82) is 5.26 Å². The molecule has 0 heterocycles. The molecule has 0 saturated heterocycles. The number of nitriles is 1. The minimum absolute atomic E-state index is 0.352.